The van der Waals surface area contributed by atoms with Gasteiger partial charge < -0.3 is 0 Å². The second-order valence-corrected chi connectivity index (χ2v) is 5.84. The molecule has 0 unspecified atom stereocenters. The number of hydrogen-bond acceptors (Lipinski definition) is 3. The Morgan fingerprint density at radius 1 is 0.552 bits per heavy atom. The molecule has 0 fully saturated rings. The molecule has 0 aliphatic carbocycles. The molecule has 138 valence electrons. The molecule has 4 aromatic carbocycles. The molecule has 0 aliphatic heterocycles. The molecule has 29 heavy (non-hydrogen) atoms. The Balaban J connectivity index is 1.98. The van der Waals surface area contributed by atoms with Crippen molar-refractivity contribution in [3.63, 3.8) is 0 Å². The normalized spacial score (nSPS) is 18.7. The average Bonchev–Trinajstić information content (AvgIpc) is 3.00. The highest BCUT2D eigenvalue weighted by molar-refractivity contribution is 6.28. The summed E-state index contributed by atoms with van der Waals surface area (Å²) < 4.78 is 133. The lowest BCUT2D eigenvalue weighted by atomic mass is 9.99. The van der Waals surface area contributed by atoms with Crippen LogP contribution < -0.4 is 0 Å². The zero-order valence-electron chi connectivity index (χ0n) is 30.2. The van der Waals surface area contributed by atoms with E-state index in [0.29, 0.717) is 0 Å². The van der Waals surface area contributed by atoms with Crippen molar-refractivity contribution >= 4 is 22.4 Å². The van der Waals surface area contributed by atoms with E-state index in [2.05, 4.69) is 15.0 Å². The largest absolute Gasteiger partial charge is 0.226 e. The Bertz CT molecular complexity index is 2120. The van der Waals surface area contributed by atoms with Crippen LogP contribution in [-0.2, 0) is 0 Å². The van der Waals surface area contributed by atoms with E-state index in [1.54, 1.807) is 0 Å². The minimum absolute atomic E-state index is 0.388. The molecule has 5 rings (SSSR count). The lowest BCUT2D eigenvalue weighted by Crippen LogP contribution is -1.99. The average molecular weight is 410 g/mol. The van der Waals surface area contributed by atoms with Crippen LogP contribution in [0, 0.1) is 0 Å². The van der Waals surface area contributed by atoms with Crippen molar-refractivity contribution in [1.29, 1.82) is 0 Å². The Kier molecular flexibility index (Phi) is 1.89. The van der Waals surface area contributed by atoms with Crippen molar-refractivity contribution in [1.82, 2.24) is 15.0 Å². The summed E-state index contributed by atoms with van der Waals surface area (Å²) in [6.45, 7) is 0. The zero-order chi connectivity index (χ0) is 33.6. The third-order valence-electron chi connectivity index (χ3n) is 3.81. The van der Waals surface area contributed by atoms with Gasteiger partial charge in [-0.25, -0.2) is 4.98 Å². The lowest BCUT2D eigenvalue weighted by Gasteiger charge is -2.11. The van der Waals surface area contributed by atoms with Gasteiger partial charge in [0.2, 0.25) is 5.28 Å². The lowest BCUT2D eigenvalue weighted by molar-refractivity contribution is 1.07. The van der Waals surface area contributed by atoms with Gasteiger partial charge in [0.15, 0.2) is 11.6 Å². The molecule has 0 saturated carbocycles. The van der Waals surface area contributed by atoms with Crippen molar-refractivity contribution in [2.24, 2.45) is 0 Å². The molecular weight excluding hydrogens is 378 g/mol. The summed E-state index contributed by atoms with van der Waals surface area (Å²) >= 11 is 6.24. The molecule has 1 heterocycles. The molecule has 1 aromatic heterocycles. The minimum Gasteiger partial charge on any atom is -0.208 e. The summed E-state index contributed by atoms with van der Waals surface area (Å²) in [5, 5.41) is -1.41. The molecule has 0 amide bonds. The number of fused-ring (bicyclic) bond motifs is 1. The molecule has 0 saturated heterocycles. The van der Waals surface area contributed by atoms with Crippen LogP contribution >= 0.6 is 11.6 Å². The molecule has 3 nitrogen and oxygen atoms in total. The number of hydrogen-bond donors (Lipinski definition) is 0. The fourth-order valence-electron chi connectivity index (χ4n) is 2.60. The van der Waals surface area contributed by atoms with E-state index >= 15 is 0 Å². The van der Waals surface area contributed by atoms with Gasteiger partial charge in [-0.3, -0.25) is 0 Å². The molecule has 0 radical (unpaired) electrons. The van der Waals surface area contributed by atoms with Crippen LogP contribution in [0.5, 0.6) is 0 Å². The van der Waals surface area contributed by atoms with E-state index in [0.717, 1.165) is 0 Å². The Hall–Kier alpha value is -3.56. The summed E-state index contributed by atoms with van der Waals surface area (Å²) in [7, 11) is 0. The van der Waals surface area contributed by atoms with Crippen LogP contribution in [0.3, 0.4) is 0 Å². The van der Waals surface area contributed by atoms with E-state index in [1.165, 1.54) is 0 Å². The summed E-state index contributed by atoms with van der Waals surface area (Å²) in [5.74, 6) is -1.16. The minimum atomic E-state index is -0.800. The Morgan fingerprint density at radius 3 is 1.97 bits per heavy atom. The SMILES string of the molecule is [2H]c1c([2H])c([2H])c(-c2c([2H])c([2H])c([2H])c([2H])c2-c2nc(Cl)nc(-c3c([2H])c([2H])c([2H])c4c([2H])c([2H])c([2H])c([2H])c34)n2)c([2H])c1[2H]. The van der Waals surface area contributed by atoms with Crippen LogP contribution in [-0.4, -0.2) is 15.0 Å². The van der Waals surface area contributed by atoms with Gasteiger partial charge >= 0.3 is 0 Å². The number of aromatic nitrogens is 3. The fraction of sp³-hybridized carbons (Fsp3) is 0. The fourth-order valence-corrected chi connectivity index (χ4v) is 2.76. The van der Waals surface area contributed by atoms with Crippen molar-refractivity contribution in [3.05, 3.63) is 102 Å². The first kappa shape index (κ1) is 7.36. The van der Waals surface area contributed by atoms with Gasteiger partial charge in [-0.1, -0.05) is 96.7 Å². The zero-order valence-corrected chi connectivity index (χ0v) is 15.0. The molecule has 0 aliphatic rings. The maximum Gasteiger partial charge on any atom is 0.226 e. The van der Waals surface area contributed by atoms with Gasteiger partial charge in [-0.05, 0) is 33.5 Å². The van der Waals surface area contributed by atoms with Crippen LogP contribution in [0.15, 0.2) is 96.7 Å². The van der Waals surface area contributed by atoms with E-state index in [9.17, 15) is 0 Å². The van der Waals surface area contributed by atoms with Gasteiger partial charge in [-0.2, -0.15) is 9.97 Å². The number of rotatable bonds is 3. The van der Waals surface area contributed by atoms with E-state index in [1.807, 2.05) is 0 Å². The molecule has 5 aromatic rings. The number of nitrogens with zero attached hydrogens (tertiary/aromatic N) is 3. The van der Waals surface area contributed by atoms with Gasteiger partial charge in [0.25, 0.3) is 0 Å². The smallest absolute Gasteiger partial charge is 0.208 e. The maximum atomic E-state index is 8.67. The quantitative estimate of drug-likeness (QED) is 0.333. The van der Waals surface area contributed by atoms with Crippen LogP contribution in [0.1, 0.15) is 21.9 Å². The first-order valence-corrected chi connectivity index (χ1v) is 8.41. The van der Waals surface area contributed by atoms with Crippen LogP contribution in [0.2, 0.25) is 5.28 Å². The number of benzene rings is 4. The third-order valence-corrected chi connectivity index (χ3v) is 3.97. The summed E-state index contributed by atoms with van der Waals surface area (Å²) in [5.41, 5.74) is -2.15. The van der Waals surface area contributed by atoms with E-state index in [4.69, 9.17) is 33.5 Å². The third kappa shape index (κ3) is 3.37. The first-order valence-electron chi connectivity index (χ1n) is 16.0. The summed E-state index contributed by atoms with van der Waals surface area (Å²) in [6, 6.07) is -11.9. The summed E-state index contributed by atoms with van der Waals surface area (Å²) in [4.78, 5) is 12.2. The monoisotopic (exact) mass is 409 g/mol. The topological polar surface area (TPSA) is 38.7 Å². The molecule has 0 spiro atoms. The number of halogens is 1. The van der Waals surface area contributed by atoms with Crippen molar-refractivity contribution in [2.75, 3.05) is 0 Å². The van der Waals surface area contributed by atoms with Crippen molar-refractivity contribution in [3.8, 4) is 33.9 Å². The van der Waals surface area contributed by atoms with Crippen molar-refractivity contribution < 1.29 is 21.9 Å². The standard InChI is InChI=1S/C25H16ClN3/c26-25-28-23(21-15-7-6-14-19(21)17-9-2-1-3-10-17)27-24(29-25)22-16-8-12-18-11-4-5-13-20(18)22/h1-16H/i1D,2D,3D,4D,5D,6D,7D,8D,9D,10D,11D,12D,13D,14D,15D,16D. The molecular formula is C25H16ClN3. The molecule has 0 bridgehead atoms. The predicted octanol–water partition coefficient (Wildman–Crippen LogP) is 6.68. The second kappa shape index (κ2) is 7.46. The summed E-state index contributed by atoms with van der Waals surface area (Å²) in [6.07, 6.45) is 0. The Labute approximate surface area is 196 Å². The highest BCUT2D eigenvalue weighted by Crippen LogP contribution is 2.32. The molecule has 0 atom stereocenters. The van der Waals surface area contributed by atoms with E-state index < -0.39 is 141 Å². The molecule has 4 heteroatoms. The predicted molar refractivity (Wildman–Crippen MR) is 119 cm³/mol. The highest BCUT2D eigenvalue weighted by Gasteiger charge is 2.14. The van der Waals surface area contributed by atoms with E-state index in [-0.39, 0.29) is 5.39 Å². The second-order valence-electron chi connectivity index (χ2n) is 5.50. The van der Waals surface area contributed by atoms with Gasteiger partial charge in [0.05, 0.1) is 21.9 Å². The Morgan fingerprint density at radius 2 is 1.14 bits per heavy atom. The maximum absolute atomic E-state index is 8.67. The van der Waals surface area contributed by atoms with Gasteiger partial charge in [-0.15, -0.1) is 0 Å². The highest BCUT2D eigenvalue weighted by atomic mass is 35.5. The molecule has 0 N–H and O–H groups in total. The first-order chi connectivity index (χ1) is 20.9. The van der Waals surface area contributed by atoms with Crippen molar-refractivity contribution in [2.45, 2.75) is 0 Å². The van der Waals surface area contributed by atoms with Gasteiger partial charge in [0, 0.05) is 11.1 Å². The van der Waals surface area contributed by atoms with Crippen LogP contribution in [0.25, 0.3) is 44.7 Å². The van der Waals surface area contributed by atoms with Crippen LogP contribution in [0.4, 0.5) is 0 Å². The van der Waals surface area contributed by atoms with Gasteiger partial charge in [0.1, 0.15) is 0 Å².